The van der Waals surface area contributed by atoms with E-state index in [-0.39, 0.29) is 17.8 Å². The van der Waals surface area contributed by atoms with E-state index in [0.717, 1.165) is 5.69 Å². The predicted molar refractivity (Wildman–Crippen MR) is 90.2 cm³/mol. The van der Waals surface area contributed by atoms with Gasteiger partial charge in [0.25, 0.3) is 0 Å². The number of carbonyl (C=O) groups excluding carboxylic acids is 2. The summed E-state index contributed by atoms with van der Waals surface area (Å²) in [5.74, 6) is -0.454. The lowest BCUT2D eigenvalue weighted by atomic mass is 10.1. The molecular formula is C17H25N3O4. The number of esters is 1. The Kier molecular flexibility index (Phi) is 5.31. The number of ether oxygens (including phenoxy) is 2. The average Bonchev–Trinajstić information content (AvgIpc) is 2.52. The van der Waals surface area contributed by atoms with Crippen molar-refractivity contribution in [1.82, 2.24) is 9.88 Å². The van der Waals surface area contributed by atoms with Crippen molar-refractivity contribution in [2.24, 2.45) is 0 Å². The number of rotatable bonds is 2. The van der Waals surface area contributed by atoms with Crippen LogP contribution in [0.15, 0.2) is 18.3 Å². The first-order valence-corrected chi connectivity index (χ1v) is 8.00. The third-order valence-electron chi connectivity index (χ3n) is 3.76. The number of hydrogen-bond acceptors (Lipinski definition) is 6. The third-order valence-corrected chi connectivity index (χ3v) is 3.76. The number of aromatic nitrogens is 1. The molecule has 1 aliphatic heterocycles. The van der Waals surface area contributed by atoms with Crippen molar-refractivity contribution in [3.05, 3.63) is 24.0 Å². The Bertz CT molecular complexity index is 595. The second kappa shape index (κ2) is 7.07. The van der Waals surface area contributed by atoms with Crippen molar-refractivity contribution in [2.45, 2.75) is 39.3 Å². The number of nitrogens with zero attached hydrogens (tertiary/aromatic N) is 3. The van der Waals surface area contributed by atoms with E-state index in [0.29, 0.717) is 19.6 Å². The molecule has 132 valence electrons. The van der Waals surface area contributed by atoms with Crippen molar-refractivity contribution in [1.29, 1.82) is 0 Å². The Morgan fingerprint density at radius 3 is 2.46 bits per heavy atom. The molecule has 0 aromatic carbocycles. The minimum absolute atomic E-state index is 0.0221. The van der Waals surface area contributed by atoms with E-state index in [2.05, 4.69) is 14.6 Å². The van der Waals surface area contributed by atoms with Crippen molar-refractivity contribution >= 4 is 17.7 Å². The topological polar surface area (TPSA) is 72.0 Å². The Morgan fingerprint density at radius 2 is 1.96 bits per heavy atom. The van der Waals surface area contributed by atoms with Gasteiger partial charge in [-0.2, -0.15) is 0 Å². The first-order chi connectivity index (χ1) is 11.2. The predicted octanol–water partition coefficient (Wildman–Crippen LogP) is 2.31. The van der Waals surface area contributed by atoms with Crippen LogP contribution in [0.2, 0.25) is 0 Å². The van der Waals surface area contributed by atoms with Crippen molar-refractivity contribution < 1.29 is 19.1 Å². The molecule has 1 atom stereocenters. The molecule has 0 saturated carbocycles. The number of anilines is 1. The first-order valence-electron chi connectivity index (χ1n) is 8.00. The molecule has 1 aromatic rings. The normalized spacial score (nSPS) is 18.3. The van der Waals surface area contributed by atoms with Crippen molar-refractivity contribution in [3.8, 4) is 0 Å². The van der Waals surface area contributed by atoms with Gasteiger partial charge < -0.3 is 19.3 Å². The lowest BCUT2D eigenvalue weighted by molar-refractivity contribution is 0.0158. The Labute approximate surface area is 142 Å². The van der Waals surface area contributed by atoms with Crippen LogP contribution in [0.5, 0.6) is 0 Å². The monoisotopic (exact) mass is 335 g/mol. The molecule has 1 aromatic heterocycles. The van der Waals surface area contributed by atoms with E-state index in [1.807, 2.05) is 33.8 Å². The smallest absolute Gasteiger partial charge is 0.410 e. The summed E-state index contributed by atoms with van der Waals surface area (Å²) in [7, 11) is 1.33. The zero-order valence-corrected chi connectivity index (χ0v) is 14.9. The minimum Gasteiger partial charge on any atom is -0.464 e. The van der Waals surface area contributed by atoms with Crippen LogP contribution in [0.25, 0.3) is 0 Å². The molecule has 0 N–H and O–H groups in total. The standard InChI is InChI=1S/C17H25N3O4/c1-12-11-19(8-9-20(12)16(22)24-17(2,3)4)13-6-7-14(18-10-13)15(21)23-5/h6-7,10,12H,8-9,11H2,1-5H3/t12-/m0/s1. The molecule has 1 aliphatic rings. The highest BCUT2D eigenvalue weighted by atomic mass is 16.6. The fourth-order valence-corrected chi connectivity index (χ4v) is 2.58. The van der Waals surface area contributed by atoms with Crippen LogP contribution >= 0.6 is 0 Å². The van der Waals surface area contributed by atoms with Gasteiger partial charge in [0.15, 0.2) is 0 Å². The highest BCUT2D eigenvalue weighted by molar-refractivity contribution is 5.87. The summed E-state index contributed by atoms with van der Waals surface area (Å²) in [6, 6.07) is 3.51. The van der Waals surface area contributed by atoms with E-state index >= 15 is 0 Å². The van der Waals surface area contributed by atoms with Gasteiger partial charge in [0.1, 0.15) is 11.3 Å². The molecule has 7 nitrogen and oxygen atoms in total. The quantitative estimate of drug-likeness (QED) is 0.772. The molecular weight excluding hydrogens is 310 g/mol. The van der Waals surface area contributed by atoms with Gasteiger partial charge in [-0.05, 0) is 39.8 Å². The van der Waals surface area contributed by atoms with Crippen LogP contribution in [0.4, 0.5) is 10.5 Å². The second-order valence-electron chi connectivity index (χ2n) is 6.86. The maximum absolute atomic E-state index is 12.2. The number of piperazine rings is 1. The lowest BCUT2D eigenvalue weighted by Gasteiger charge is -2.41. The molecule has 1 saturated heterocycles. The Hall–Kier alpha value is -2.31. The van der Waals surface area contributed by atoms with Gasteiger partial charge in [-0.1, -0.05) is 0 Å². The van der Waals surface area contributed by atoms with E-state index in [9.17, 15) is 9.59 Å². The van der Waals surface area contributed by atoms with Gasteiger partial charge in [0.2, 0.25) is 0 Å². The molecule has 1 amide bonds. The average molecular weight is 335 g/mol. The molecule has 0 aliphatic carbocycles. The van der Waals surface area contributed by atoms with Crippen LogP contribution in [-0.2, 0) is 9.47 Å². The molecule has 0 spiro atoms. The number of carbonyl (C=O) groups is 2. The van der Waals surface area contributed by atoms with Crippen molar-refractivity contribution in [3.63, 3.8) is 0 Å². The van der Waals surface area contributed by atoms with Crippen LogP contribution in [0.1, 0.15) is 38.2 Å². The minimum atomic E-state index is -0.498. The highest BCUT2D eigenvalue weighted by Crippen LogP contribution is 2.20. The molecule has 7 heteroatoms. The lowest BCUT2D eigenvalue weighted by Crippen LogP contribution is -2.55. The number of amides is 1. The Balaban J connectivity index is 2.00. The summed E-state index contributed by atoms with van der Waals surface area (Å²) < 4.78 is 10.1. The highest BCUT2D eigenvalue weighted by Gasteiger charge is 2.31. The summed E-state index contributed by atoms with van der Waals surface area (Å²) in [6.45, 7) is 9.52. The molecule has 24 heavy (non-hydrogen) atoms. The summed E-state index contributed by atoms with van der Waals surface area (Å²) in [5.41, 5.74) is 0.696. The van der Waals surface area contributed by atoms with Crippen LogP contribution < -0.4 is 4.90 Å². The molecule has 0 unspecified atom stereocenters. The summed E-state index contributed by atoms with van der Waals surface area (Å²) in [4.78, 5) is 31.7. The molecule has 0 bridgehead atoms. The van der Waals surface area contributed by atoms with Gasteiger partial charge >= 0.3 is 12.1 Å². The SMILES string of the molecule is COC(=O)c1ccc(N2CCN(C(=O)OC(C)(C)C)[C@@H](C)C2)cn1. The van der Waals surface area contributed by atoms with Gasteiger partial charge in [0, 0.05) is 25.7 Å². The molecule has 2 rings (SSSR count). The number of methoxy groups -OCH3 is 1. The zero-order chi connectivity index (χ0) is 17.9. The number of hydrogen-bond donors (Lipinski definition) is 0. The maximum Gasteiger partial charge on any atom is 0.410 e. The van der Waals surface area contributed by atoms with E-state index in [1.165, 1.54) is 7.11 Å². The molecule has 1 fully saturated rings. The molecule has 2 heterocycles. The largest absolute Gasteiger partial charge is 0.464 e. The fourth-order valence-electron chi connectivity index (χ4n) is 2.58. The van der Waals surface area contributed by atoms with Crippen LogP contribution in [-0.4, -0.2) is 60.3 Å². The maximum atomic E-state index is 12.2. The van der Waals surface area contributed by atoms with Gasteiger partial charge in [-0.3, -0.25) is 0 Å². The number of pyridine rings is 1. The summed E-state index contributed by atoms with van der Waals surface area (Å²) >= 11 is 0. The molecule has 0 radical (unpaired) electrons. The summed E-state index contributed by atoms with van der Waals surface area (Å²) in [6.07, 6.45) is 1.37. The van der Waals surface area contributed by atoms with E-state index in [4.69, 9.17) is 4.74 Å². The van der Waals surface area contributed by atoms with Crippen LogP contribution in [0.3, 0.4) is 0 Å². The first kappa shape index (κ1) is 18.0. The van der Waals surface area contributed by atoms with Crippen molar-refractivity contribution in [2.75, 3.05) is 31.6 Å². The van der Waals surface area contributed by atoms with E-state index in [1.54, 1.807) is 17.2 Å². The second-order valence-corrected chi connectivity index (χ2v) is 6.86. The zero-order valence-electron chi connectivity index (χ0n) is 14.9. The fraction of sp³-hybridized carbons (Fsp3) is 0.588. The summed E-state index contributed by atoms with van der Waals surface area (Å²) in [5, 5.41) is 0. The van der Waals surface area contributed by atoms with E-state index < -0.39 is 11.6 Å². The Morgan fingerprint density at radius 1 is 1.25 bits per heavy atom. The van der Waals surface area contributed by atoms with Crippen LogP contribution in [0, 0.1) is 0 Å². The van der Waals surface area contributed by atoms with Gasteiger partial charge in [-0.15, -0.1) is 0 Å². The van der Waals surface area contributed by atoms with Gasteiger partial charge in [0.05, 0.1) is 19.0 Å². The van der Waals surface area contributed by atoms with Gasteiger partial charge in [-0.25, -0.2) is 14.6 Å². The third kappa shape index (κ3) is 4.37.